The molecule has 1 atom stereocenters. The summed E-state index contributed by atoms with van der Waals surface area (Å²) in [5, 5.41) is 0. The van der Waals surface area contributed by atoms with Crippen LogP contribution in [0, 0.1) is 0 Å². The zero-order valence-corrected chi connectivity index (χ0v) is 11.7. The van der Waals surface area contributed by atoms with Gasteiger partial charge in [-0.15, -0.1) is 0 Å². The lowest BCUT2D eigenvalue weighted by Gasteiger charge is -2.38. The van der Waals surface area contributed by atoms with E-state index >= 15 is 0 Å². The van der Waals surface area contributed by atoms with Crippen molar-refractivity contribution in [2.24, 2.45) is 7.05 Å². The third-order valence-corrected chi connectivity index (χ3v) is 3.51. The minimum Gasteiger partial charge on any atom is -0.337 e. The second-order valence-electron chi connectivity index (χ2n) is 4.91. The molecular formula is C13H20N4O2. The van der Waals surface area contributed by atoms with Crippen molar-refractivity contribution in [2.45, 2.75) is 32.9 Å². The fourth-order valence-corrected chi connectivity index (χ4v) is 2.33. The zero-order chi connectivity index (χ0) is 14.0. The Kier molecular flexibility index (Phi) is 3.87. The average molecular weight is 264 g/mol. The van der Waals surface area contributed by atoms with Crippen LogP contribution >= 0.6 is 0 Å². The smallest absolute Gasteiger partial charge is 0.245 e. The molecule has 2 rings (SSSR count). The second kappa shape index (κ2) is 5.42. The zero-order valence-electron chi connectivity index (χ0n) is 11.7. The molecule has 0 aromatic carbocycles. The van der Waals surface area contributed by atoms with Gasteiger partial charge in [0.2, 0.25) is 11.8 Å². The Hall–Kier alpha value is -1.85. The number of nitrogens with zero attached hydrogens (tertiary/aromatic N) is 4. The number of imidazole rings is 1. The van der Waals surface area contributed by atoms with Crippen molar-refractivity contribution in [3.63, 3.8) is 0 Å². The molecule has 1 aromatic heterocycles. The molecule has 0 saturated carbocycles. The van der Waals surface area contributed by atoms with Crippen LogP contribution < -0.4 is 0 Å². The first-order valence-electron chi connectivity index (χ1n) is 6.59. The van der Waals surface area contributed by atoms with Crippen LogP contribution in [0.2, 0.25) is 0 Å². The second-order valence-corrected chi connectivity index (χ2v) is 4.91. The number of rotatable bonds is 4. The lowest BCUT2D eigenvalue weighted by molar-refractivity contribution is -0.155. The molecule has 0 spiro atoms. The third kappa shape index (κ3) is 2.62. The van der Waals surface area contributed by atoms with Gasteiger partial charge in [0.1, 0.15) is 11.9 Å². The monoisotopic (exact) mass is 264 g/mol. The van der Waals surface area contributed by atoms with Gasteiger partial charge < -0.3 is 14.4 Å². The molecule has 0 N–H and O–H groups in total. The number of carbonyl (C=O) groups is 2. The summed E-state index contributed by atoms with van der Waals surface area (Å²) >= 11 is 0. The maximum atomic E-state index is 12.2. The minimum absolute atomic E-state index is 0.0106. The topological polar surface area (TPSA) is 58.4 Å². The van der Waals surface area contributed by atoms with Crippen LogP contribution in [0.3, 0.4) is 0 Å². The normalized spacial score (nSPS) is 20.3. The summed E-state index contributed by atoms with van der Waals surface area (Å²) in [4.78, 5) is 31.8. The number of carbonyl (C=O) groups excluding carboxylic acids is 2. The van der Waals surface area contributed by atoms with Crippen LogP contribution in [-0.2, 0) is 23.2 Å². The van der Waals surface area contributed by atoms with Gasteiger partial charge in [0.05, 0.1) is 13.1 Å². The molecular weight excluding hydrogens is 244 g/mol. The molecule has 6 heteroatoms. The van der Waals surface area contributed by atoms with Crippen LogP contribution in [0.4, 0.5) is 0 Å². The number of hydrogen-bond acceptors (Lipinski definition) is 3. The molecule has 1 saturated heterocycles. The molecule has 19 heavy (non-hydrogen) atoms. The van der Waals surface area contributed by atoms with Gasteiger partial charge in [-0.2, -0.15) is 0 Å². The lowest BCUT2D eigenvalue weighted by atomic mass is 10.1. The fraction of sp³-hybridized carbons (Fsp3) is 0.615. The van der Waals surface area contributed by atoms with Gasteiger partial charge >= 0.3 is 0 Å². The van der Waals surface area contributed by atoms with Crippen LogP contribution in [0.1, 0.15) is 26.1 Å². The van der Waals surface area contributed by atoms with Crippen molar-refractivity contribution in [1.29, 1.82) is 0 Å². The van der Waals surface area contributed by atoms with E-state index in [1.54, 1.807) is 22.9 Å². The molecule has 0 radical (unpaired) electrons. The molecule has 0 unspecified atom stereocenters. The van der Waals surface area contributed by atoms with Crippen molar-refractivity contribution in [2.75, 3.05) is 13.1 Å². The van der Waals surface area contributed by atoms with Gasteiger partial charge in [-0.05, 0) is 13.3 Å². The third-order valence-electron chi connectivity index (χ3n) is 3.51. The Labute approximate surface area is 113 Å². The first kappa shape index (κ1) is 13.6. The van der Waals surface area contributed by atoms with Crippen LogP contribution in [0.25, 0.3) is 0 Å². The number of aryl methyl sites for hydroxylation is 1. The highest BCUT2D eigenvalue weighted by molar-refractivity contribution is 5.94. The van der Waals surface area contributed by atoms with Gasteiger partial charge in [0.15, 0.2) is 0 Å². The van der Waals surface area contributed by atoms with Crippen molar-refractivity contribution < 1.29 is 9.59 Å². The van der Waals surface area contributed by atoms with E-state index in [0.717, 1.165) is 12.2 Å². The van der Waals surface area contributed by atoms with Gasteiger partial charge in [0.25, 0.3) is 0 Å². The highest BCUT2D eigenvalue weighted by Gasteiger charge is 2.36. The lowest BCUT2D eigenvalue weighted by Crippen LogP contribution is -2.58. The molecule has 6 nitrogen and oxygen atoms in total. The van der Waals surface area contributed by atoms with Gasteiger partial charge in [-0.3, -0.25) is 9.59 Å². The molecule has 1 aliphatic heterocycles. The van der Waals surface area contributed by atoms with E-state index in [2.05, 4.69) is 4.98 Å². The molecule has 1 fully saturated rings. The Morgan fingerprint density at radius 2 is 2.16 bits per heavy atom. The number of piperazine rings is 1. The fourth-order valence-electron chi connectivity index (χ4n) is 2.33. The summed E-state index contributed by atoms with van der Waals surface area (Å²) in [7, 11) is 1.88. The minimum atomic E-state index is -0.413. The summed E-state index contributed by atoms with van der Waals surface area (Å²) in [6.45, 7) is 5.00. The van der Waals surface area contributed by atoms with E-state index in [-0.39, 0.29) is 18.4 Å². The Morgan fingerprint density at radius 1 is 1.42 bits per heavy atom. The maximum Gasteiger partial charge on any atom is 0.245 e. The van der Waals surface area contributed by atoms with E-state index in [9.17, 15) is 9.59 Å². The van der Waals surface area contributed by atoms with Crippen molar-refractivity contribution in [3.05, 3.63) is 18.2 Å². The first-order valence-corrected chi connectivity index (χ1v) is 6.59. The summed E-state index contributed by atoms with van der Waals surface area (Å²) in [5.41, 5.74) is 0. The van der Waals surface area contributed by atoms with Gasteiger partial charge in [-0.25, -0.2) is 4.98 Å². The van der Waals surface area contributed by atoms with E-state index in [1.165, 1.54) is 0 Å². The SMILES string of the molecule is CCCN1CC(=O)N(Cc2nccn2C)[C@H](C)C1=O. The Balaban J connectivity index is 2.12. The van der Waals surface area contributed by atoms with Gasteiger partial charge in [0, 0.05) is 26.0 Å². The van der Waals surface area contributed by atoms with E-state index in [4.69, 9.17) is 0 Å². The summed E-state index contributed by atoms with van der Waals surface area (Å²) < 4.78 is 1.86. The molecule has 2 heterocycles. The summed E-state index contributed by atoms with van der Waals surface area (Å²) in [5.74, 6) is 0.802. The van der Waals surface area contributed by atoms with Crippen LogP contribution in [0.15, 0.2) is 12.4 Å². The maximum absolute atomic E-state index is 12.2. The average Bonchev–Trinajstić information content (AvgIpc) is 2.77. The largest absolute Gasteiger partial charge is 0.337 e. The van der Waals surface area contributed by atoms with Gasteiger partial charge in [-0.1, -0.05) is 6.92 Å². The Bertz CT molecular complexity index is 483. The highest BCUT2D eigenvalue weighted by atomic mass is 16.2. The van der Waals surface area contributed by atoms with E-state index in [1.807, 2.05) is 24.7 Å². The van der Waals surface area contributed by atoms with Crippen LogP contribution in [0.5, 0.6) is 0 Å². The molecule has 0 bridgehead atoms. The Morgan fingerprint density at radius 3 is 2.74 bits per heavy atom. The standard InChI is InChI=1S/C13H20N4O2/c1-4-6-16-9-12(18)17(10(2)13(16)19)8-11-14-5-7-15(11)3/h5,7,10H,4,6,8-9H2,1-3H3/t10-/m1/s1. The molecule has 1 aliphatic rings. The molecule has 104 valence electrons. The number of hydrogen-bond donors (Lipinski definition) is 0. The number of amides is 2. The predicted molar refractivity (Wildman–Crippen MR) is 70.1 cm³/mol. The van der Waals surface area contributed by atoms with Crippen molar-refractivity contribution in [1.82, 2.24) is 19.4 Å². The van der Waals surface area contributed by atoms with E-state index < -0.39 is 6.04 Å². The molecule has 2 amide bonds. The number of aromatic nitrogens is 2. The molecule has 0 aliphatic carbocycles. The summed E-state index contributed by atoms with van der Waals surface area (Å²) in [6, 6.07) is -0.413. The summed E-state index contributed by atoms with van der Waals surface area (Å²) in [6.07, 6.45) is 4.39. The van der Waals surface area contributed by atoms with Crippen molar-refractivity contribution >= 4 is 11.8 Å². The van der Waals surface area contributed by atoms with Crippen molar-refractivity contribution in [3.8, 4) is 0 Å². The van der Waals surface area contributed by atoms with E-state index in [0.29, 0.717) is 13.1 Å². The quantitative estimate of drug-likeness (QED) is 0.790. The first-order chi connectivity index (χ1) is 9.04. The molecule has 1 aromatic rings. The van der Waals surface area contributed by atoms with Crippen LogP contribution in [-0.4, -0.2) is 50.3 Å². The highest BCUT2D eigenvalue weighted by Crippen LogP contribution is 2.15. The predicted octanol–water partition coefficient (Wildman–Crippen LogP) is 0.389.